The zero-order chi connectivity index (χ0) is 19.8. The van der Waals surface area contributed by atoms with Crippen molar-refractivity contribution in [2.24, 2.45) is 0 Å². The molecule has 1 amide bonds. The molecule has 1 aliphatic rings. The molecule has 0 aliphatic carbocycles. The third kappa shape index (κ3) is 3.95. The summed E-state index contributed by atoms with van der Waals surface area (Å²) in [5.74, 6) is 0.388. The summed E-state index contributed by atoms with van der Waals surface area (Å²) < 4.78 is 31.5. The SMILES string of the molecule is CC(Oc1ccc(Cl)cc1)C(=O)N1CCc2cc(S(=O)(=O)N(C)C)ccc21. The van der Waals surface area contributed by atoms with Gasteiger partial charge in [-0.05, 0) is 61.4 Å². The Morgan fingerprint density at radius 1 is 1.19 bits per heavy atom. The lowest BCUT2D eigenvalue weighted by atomic mass is 10.2. The highest BCUT2D eigenvalue weighted by Crippen LogP contribution is 2.31. The van der Waals surface area contributed by atoms with Crippen molar-refractivity contribution in [3.05, 3.63) is 53.1 Å². The molecule has 2 aromatic carbocycles. The van der Waals surface area contributed by atoms with Gasteiger partial charge in [0.2, 0.25) is 10.0 Å². The monoisotopic (exact) mass is 408 g/mol. The van der Waals surface area contributed by atoms with Gasteiger partial charge in [-0.1, -0.05) is 11.6 Å². The lowest BCUT2D eigenvalue weighted by Gasteiger charge is -2.22. The standard InChI is InChI=1S/C19H21ClN2O4S/c1-13(26-16-6-4-15(20)5-7-16)19(23)22-11-10-14-12-17(8-9-18(14)22)27(24,25)21(2)3/h4-9,12-13H,10-11H2,1-3H3. The molecule has 144 valence electrons. The number of fused-ring (bicyclic) bond motifs is 1. The highest BCUT2D eigenvalue weighted by atomic mass is 35.5. The van der Waals surface area contributed by atoms with Gasteiger partial charge in [-0.2, -0.15) is 0 Å². The van der Waals surface area contributed by atoms with Crippen molar-refractivity contribution in [2.45, 2.75) is 24.3 Å². The average molecular weight is 409 g/mol. The van der Waals surface area contributed by atoms with Crippen LogP contribution in [0.5, 0.6) is 5.75 Å². The number of rotatable bonds is 5. The molecule has 0 aromatic heterocycles. The molecule has 6 nitrogen and oxygen atoms in total. The van der Waals surface area contributed by atoms with Gasteiger partial charge in [-0.25, -0.2) is 12.7 Å². The van der Waals surface area contributed by atoms with E-state index < -0.39 is 16.1 Å². The van der Waals surface area contributed by atoms with Crippen molar-refractivity contribution in [3.8, 4) is 5.75 Å². The number of hydrogen-bond acceptors (Lipinski definition) is 4. The summed E-state index contributed by atoms with van der Waals surface area (Å²) in [7, 11) is -0.514. The molecule has 1 unspecified atom stereocenters. The lowest BCUT2D eigenvalue weighted by Crippen LogP contribution is -2.39. The van der Waals surface area contributed by atoms with Crippen LogP contribution in [-0.4, -0.2) is 45.4 Å². The van der Waals surface area contributed by atoms with E-state index in [1.54, 1.807) is 48.2 Å². The Morgan fingerprint density at radius 3 is 2.48 bits per heavy atom. The van der Waals surface area contributed by atoms with Gasteiger partial charge in [0.15, 0.2) is 6.10 Å². The van der Waals surface area contributed by atoms with Gasteiger partial charge >= 0.3 is 0 Å². The van der Waals surface area contributed by atoms with Gasteiger partial charge < -0.3 is 9.64 Å². The number of hydrogen-bond donors (Lipinski definition) is 0. The maximum atomic E-state index is 12.8. The predicted molar refractivity (Wildman–Crippen MR) is 105 cm³/mol. The summed E-state index contributed by atoms with van der Waals surface area (Å²) in [6.45, 7) is 2.19. The summed E-state index contributed by atoms with van der Waals surface area (Å²) in [5.41, 5.74) is 1.56. The Kier molecular flexibility index (Phi) is 5.46. The first-order chi connectivity index (χ1) is 12.7. The molecule has 0 spiro atoms. The zero-order valence-corrected chi connectivity index (χ0v) is 16.9. The highest BCUT2D eigenvalue weighted by Gasteiger charge is 2.30. The number of nitrogens with zero attached hydrogens (tertiary/aromatic N) is 2. The van der Waals surface area contributed by atoms with E-state index in [0.29, 0.717) is 23.7 Å². The quantitative estimate of drug-likeness (QED) is 0.762. The molecule has 1 atom stereocenters. The van der Waals surface area contributed by atoms with Gasteiger partial charge in [-0.15, -0.1) is 0 Å². The first-order valence-electron chi connectivity index (χ1n) is 8.49. The largest absolute Gasteiger partial charge is 0.481 e. The van der Waals surface area contributed by atoms with Crippen LogP contribution in [-0.2, 0) is 21.2 Å². The predicted octanol–water partition coefficient (Wildman–Crippen LogP) is 2.95. The lowest BCUT2D eigenvalue weighted by molar-refractivity contribution is -0.124. The van der Waals surface area contributed by atoms with Crippen LogP contribution < -0.4 is 9.64 Å². The molecule has 1 heterocycles. The van der Waals surface area contributed by atoms with Gasteiger partial charge in [0.05, 0.1) is 4.90 Å². The molecule has 0 N–H and O–H groups in total. The number of carbonyl (C=O) groups excluding carboxylic acids is 1. The fourth-order valence-electron chi connectivity index (χ4n) is 2.97. The minimum Gasteiger partial charge on any atom is -0.481 e. The number of sulfonamides is 1. The Labute approximate surface area is 164 Å². The van der Waals surface area contributed by atoms with Crippen molar-refractivity contribution in [1.82, 2.24) is 4.31 Å². The minimum absolute atomic E-state index is 0.174. The third-order valence-corrected chi connectivity index (χ3v) is 6.53. The molecule has 8 heteroatoms. The van der Waals surface area contributed by atoms with Crippen LogP contribution in [0.15, 0.2) is 47.4 Å². The van der Waals surface area contributed by atoms with Gasteiger partial charge in [0.25, 0.3) is 5.91 Å². The van der Waals surface area contributed by atoms with Crippen molar-refractivity contribution < 1.29 is 17.9 Å². The van der Waals surface area contributed by atoms with Crippen molar-refractivity contribution in [2.75, 3.05) is 25.5 Å². The molecule has 0 saturated heterocycles. The van der Waals surface area contributed by atoms with Crippen LogP contribution in [0.25, 0.3) is 0 Å². The van der Waals surface area contributed by atoms with E-state index in [9.17, 15) is 13.2 Å². The van der Waals surface area contributed by atoms with Crippen LogP contribution in [0.3, 0.4) is 0 Å². The molecule has 0 fully saturated rings. The average Bonchev–Trinajstić information content (AvgIpc) is 3.06. The Bertz CT molecular complexity index is 958. The smallest absolute Gasteiger partial charge is 0.267 e. The zero-order valence-electron chi connectivity index (χ0n) is 15.3. The van der Waals surface area contributed by atoms with E-state index in [4.69, 9.17) is 16.3 Å². The van der Waals surface area contributed by atoms with Crippen LogP contribution in [0.2, 0.25) is 5.02 Å². The fourth-order valence-corrected chi connectivity index (χ4v) is 4.04. The highest BCUT2D eigenvalue weighted by molar-refractivity contribution is 7.89. The van der Waals surface area contributed by atoms with Gasteiger partial charge in [0.1, 0.15) is 5.75 Å². The molecule has 0 bridgehead atoms. The summed E-state index contributed by atoms with van der Waals surface area (Å²) >= 11 is 5.86. The Balaban J connectivity index is 1.78. The van der Waals surface area contributed by atoms with E-state index in [2.05, 4.69) is 0 Å². The fraction of sp³-hybridized carbons (Fsp3) is 0.316. The number of amides is 1. The van der Waals surface area contributed by atoms with Crippen LogP contribution in [0, 0.1) is 0 Å². The third-order valence-electron chi connectivity index (χ3n) is 4.47. The second kappa shape index (κ2) is 7.50. The molecular formula is C19H21ClN2O4S. The molecule has 27 heavy (non-hydrogen) atoms. The first-order valence-corrected chi connectivity index (χ1v) is 10.3. The summed E-state index contributed by atoms with van der Waals surface area (Å²) in [4.78, 5) is 14.7. The Morgan fingerprint density at radius 2 is 1.85 bits per heavy atom. The van der Waals surface area contributed by atoms with E-state index in [1.807, 2.05) is 0 Å². The topological polar surface area (TPSA) is 66.9 Å². The molecule has 2 aromatic rings. The van der Waals surface area contributed by atoms with E-state index in [1.165, 1.54) is 24.5 Å². The number of ether oxygens (including phenoxy) is 1. The second-order valence-electron chi connectivity index (χ2n) is 6.53. The number of benzene rings is 2. The molecule has 0 radical (unpaired) electrons. The maximum absolute atomic E-state index is 12.8. The van der Waals surface area contributed by atoms with Crippen LogP contribution in [0.4, 0.5) is 5.69 Å². The summed E-state index contributed by atoms with van der Waals surface area (Å²) in [5, 5.41) is 0.596. The van der Waals surface area contributed by atoms with Crippen molar-refractivity contribution >= 4 is 33.2 Å². The van der Waals surface area contributed by atoms with E-state index >= 15 is 0 Å². The van der Waals surface area contributed by atoms with Crippen LogP contribution in [0.1, 0.15) is 12.5 Å². The summed E-state index contributed by atoms with van der Waals surface area (Å²) in [6, 6.07) is 11.7. The number of anilines is 1. The molecule has 3 rings (SSSR count). The van der Waals surface area contributed by atoms with Crippen molar-refractivity contribution in [1.29, 1.82) is 0 Å². The van der Waals surface area contributed by atoms with Gasteiger partial charge in [0, 0.05) is 31.4 Å². The first kappa shape index (κ1) is 19.7. The Hall–Kier alpha value is -2.09. The second-order valence-corrected chi connectivity index (χ2v) is 9.12. The number of carbonyl (C=O) groups is 1. The van der Waals surface area contributed by atoms with E-state index in [-0.39, 0.29) is 10.8 Å². The van der Waals surface area contributed by atoms with Gasteiger partial charge in [-0.3, -0.25) is 4.79 Å². The minimum atomic E-state index is -3.50. The molecular weight excluding hydrogens is 388 g/mol. The number of halogens is 1. The molecule has 0 saturated carbocycles. The van der Waals surface area contributed by atoms with E-state index in [0.717, 1.165) is 11.3 Å². The summed E-state index contributed by atoms with van der Waals surface area (Å²) in [6.07, 6.45) is -0.0757. The van der Waals surface area contributed by atoms with Crippen LogP contribution >= 0.6 is 11.6 Å². The van der Waals surface area contributed by atoms with Crippen molar-refractivity contribution in [3.63, 3.8) is 0 Å². The maximum Gasteiger partial charge on any atom is 0.267 e. The molecule has 1 aliphatic heterocycles. The normalized spacial score (nSPS) is 14.9.